The minimum Gasteiger partial charge on any atom is -0.314 e. The highest BCUT2D eigenvalue weighted by Gasteiger charge is 2.09. The number of rotatable bonds is 2. The lowest BCUT2D eigenvalue weighted by Gasteiger charge is -2.06. The van der Waals surface area contributed by atoms with Crippen molar-refractivity contribution in [3.05, 3.63) is 0 Å². The number of urea groups is 1. The Morgan fingerprint density at radius 2 is 2.46 bits per heavy atom. The molecule has 0 bridgehead atoms. The van der Waals surface area contributed by atoms with Crippen molar-refractivity contribution in [3.8, 4) is 0 Å². The Morgan fingerprint density at radius 1 is 1.69 bits per heavy atom. The van der Waals surface area contributed by atoms with Crippen LogP contribution in [0.4, 0.5) is 4.79 Å². The summed E-state index contributed by atoms with van der Waals surface area (Å²) in [7, 11) is 0. The molecule has 0 aromatic carbocycles. The average Bonchev–Trinajstić information content (AvgIpc) is 2.04. The molecule has 0 saturated heterocycles. The number of carbonyl (C=O) groups excluding carboxylic acids is 2. The number of aliphatic imine (C=N–C) groups is 2. The molecule has 5 heteroatoms. The summed E-state index contributed by atoms with van der Waals surface area (Å²) in [4.78, 5) is 28.7. The molecule has 0 aromatic rings. The van der Waals surface area contributed by atoms with Gasteiger partial charge in [0, 0.05) is 19.1 Å². The van der Waals surface area contributed by atoms with Gasteiger partial charge in [-0.1, -0.05) is 6.92 Å². The molecule has 0 atom stereocenters. The standard InChI is InChI=1S/C8H11N3O2/c1-2-3-7(12)10-6-4-5-9-8(13)11-6/h5H,2-4H2,1H3,(H,10,11,12,13). The van der Waals surface area contributed by atoms with Gasteiger partial charge in [0.25, 0.3) is 0 Å². The second-order valence-electron chi connectivity index (χ2n) is 2.66. The van der Waals surface area contributed by atoms with E-state index in [0.717, 1.165) is 6.42 Å². The van der Waals surface area contributed by atoms with E-state index >= 15 is 0 Å². The lowest BCUT2D eigenvalue weighted by Crippen LogP contribution is -2.32. The van der Waals surface area contributed by atoms with Gasteiger partial charge in [-0.05, 0) is 6.42 Å². The Bertz CT molecular complexity index is 281. The first-order valence-corrected chi connectivity index (χ1v) is 4.16. The first-order valence-electron chi connectivity index (χ1n) is 4.16. The molecule has 13 heavy (non-hydrogen) atoms. The van der Waals surface area contributed by atoms with Gasteiger partial charge in [-0.3, -0.25) is 4.79 Å². The van der Waals surface area contributed by atoms with Crippen molar-refractivity contribution in [2.45, 2.75) is 26.2 Å². The number of carbonyl (C=O) groups is 2. The van der Waals surface area contributed by atoms with Crippen LogP contribution in [-0.4, -0.2) is 24.0 Å². The van der Waals surface area contributed by atoms with Gasteiger partial charge < -0.3 is 5.32 Å². The van der Waals surface area contributed by atoms with Crippen LogP contribution in [0.1, 0.15) is 26.2 Å². The summed E-state index contributed by atoms with van der Waals surface area (Å²) in [5.41, 5.74) is 0. The summed E-state index contributed by atoms with van der Waals surface area (Å²) in [6.45, 7) is 1.91. The fraction of sp³-hybridized carbons (Fsp3) is 0.500. The zero-order chi connectivity index (χ0) is 9.68. The first kappa shape index (κ1) is 9.57. The first-order chi connectivity index (χ1) is 6.22. The van der Waals surface area contributed by atoms with Crippen LogP contribution in [-0.2, 0) is 4.79 Å². The highest BCUT2D eigenvalue weighted by Crippen LogP contribution is 1.95. The molecule has 1 aliphatic rings. The maximum absolute atomic E-state index is 11.1. The molecule has 3 amide bonds. The molecular weight excluding hydrogens is 170 g/mol. The van der Waals surface area contributed by atoms with E-state index < -0.39 is 6.03 Å². The summed E-state index contributed by atoms with van der Waals surface area (Å²) in [6, 6.07) is -0.557. The van der Waals surface area contributed by atoms with Crippen LogP contribution in [0.5, 0.6) is 0 Å². The molecule has 1 rings (SSSR count). The number of nitrogens with zero attached hydrogens (tertiary/aromatic N) is 2. The lowest BCUT2D eigenvalue weighted by molar-refractivity contribution is -0.119. The SMILES string of the molecule is CCCC(=O)NC1=NC(=O)N=CC1. The van der Waals surface area contributed by atoms with Crippen molar-refractivity contribution < 1.29 is 9.59 Å². The van der Waals surface area contributed by atoms with Gasteiger partial charge in [-0.15, -0.1) is 0 Å². The Morgan fingerprint density at radius 3 is 3.08 bits per heavy atom. The lowest BCUT2D eigenvalue weighted by atomic mass is 10.3. The fourth-order valence-corrected chi connectivity index (χ4v) is 0.930. The largest absolute Gasteiger partial charge is 0.368 e. The predicted octanol–water partition coefficient (Wildman–Crippen LogP) is 0.896. The van der Waals surface area contributed by atoms with Crippen molar-refractivity contribution in [3.63, 3.8) is 0 Å². The zero-order valence-corrected chi connectivity index (χ0v) is 7.41. The van der Waals surface area contributed by atoms with Gasteiger partial charge in [0.2, 0.25) is 5.91 Å². The number of hydrogen-bond donors (Lipinski definition) is 1. The average molecular weight is 181 g/mol. The summed E-state index contributed by atoms with van der Waals surface area (Å²) < 4.78 is 0. The monoisotopic (exact) mass is 181 g/mol. The van der Waals surface area contributed by atoms with Crippen molar-refractivity contribution >= 4 is 24.0 Å². The Hall–Kier alpha value is -1.52. The smallest absolute Gasteiger partial charge is 0.314 e. The quantitative estimate of drug-likeness (QED) is 0.687. The van der Waals surface area contributed by atoms with Crippen LogP contribution < -0.4 is 5.32 Å². The molecule has 0 aliphatic carbocycles. The molecule has 1 heterocycles. The third-order valence-electron chi connectivity index (χ3n) is 1.48. The van der Waals surface area contributed by atoms with Crippen LogP contribution in [0.2, 0.25) is 0 Å². The van der Waals surface area contributed by atoms with Crippen molar-refractivity contribution in [1.82, 2.24) is 5.32 Å². The third kappa shape index (κ3) is 3.14. The maximum Gasteiger partial charge on any atom is 0.368 e. The van der Waals surface area contributed by atoms with E-state index in [9.17, 15) is 9.59 Å². The zero-order valence-electron chi connectivity index (χ0n) is 7.41. The van der Waals surface area contributed by atoms with E-state index in [4.69, 9.17) is 0 Å². The minimum atomic E-state index is -0.557. The van der Waals surface area contributed by atoms with Crippen LogP contribution in [0.15, 0.2) is 9.98 Å². The van der Waals surface area contributed by atoms with Crippen LogP contribution in [0.25, 0.3) is 0 Å². The Kier molecular flexibility index (Phi) is 3.31. The van der Waals surface area contributed by atoms with Crippen LogP contribution in [0.3, 0.4) is 0 Å². The van der Waals surface area contributed by atoms with Gasteiger partial charge in [0.15, 0.2) is 0 Å². The molecule has 0 fully saturated rings. The summed E-state index contributed by atoms with van der Waals surface area (Å²) in [5.74, 6) is 0.280. The topological polar surface area (TPSA) is 70.9 Å². The van der Waals surface area contributed by atoms with E-state index in [-0.39, 0.29) is 5.91 Å². The molecule has 1 N–H and O–H groups in total. The van der Waals surface area contributed by atoms with Gasteiger partial charge in [-0.2, -0.15) is 4.99 Å². The maximum atomic E-state index is 11.1. The molecule has 0 spiro atoms. The number of amidine groups is 1. The Balaban J connectivity index is 2.45. The van der Waals surface area contributed by atoms with Gasteiger partial charge in [0.05, 0.1) is 0 Å². The van der Waals surface area contributed by atoms with Crippen molar-refractivity contribution in [1.29, 1.82) is 0 Å². The molecule has 0 aromatic heterocycles. The summed E-state index contributed by atoms with van der Waals surface area (Å²) in [5, 5.41) is 2.55. The highest BCUT2D eigenvalue weighted by atomic mass is 16.2. The highest BCUT2D eigenvalue weighted by molar-refractivity contribution is 6.11. The van der Waals surface area contributed by atoms with Gasteiger partial charge in [-0.25, -0.2) is 9.79 Å². The van der Waals surface area contributed by atoms with Crippen LogP contribution >= 0.6 is 0 Å². The molecule has 0 unspecified atom stereocenters. The fourth-order valence-electron chi connectivity index (χ4n) is 0.930. The van der Waals surface area contributed by atoms with Gasteiger partial charge >= 0.3 is 6.03 Å². The van der Waals surface area contributed by atoms with E-state index in [1.807, 2.05) is 6.92 Å². The van der Waals surface area contributed by atoms with E-state index in [2.05, 4.69) is 15.3 Å². The normalized spacial score (nSPS) is 15.5. The summed E-state index contributed by atoms with van der Waals surface area (Å²) in [6.07, 6.45) is 3.09. The second-order valence-corrected chi connectivity index (χ2v) is 2.66. The second kappa shape index (κ2) is 4.49. The number of nitrogens with one attached hydrogen (secondary N) is 1. The number of amides is 3. The molecule has 0 saturated carbocycles. The minimum absolute atomic E-state index is 0.107. The van der Waals surface area contributed by atoms with E-state index in [1.165, 1.54) is 6.21 Å². The van der Waals surface area contributed by atoms with Gasteiger partial charge in [0.1, 0.15) is 5.84 Å². The van der Waals surface area contributed by atoms with E-state index in [0.29, 0.717) is 18.7 Å². The molecule has 1 aliphatic heterocycles. The Labute approximate surface area is 76.0 Å². The summed E-state index contributed by atoms with van der Waals surface area (Å²) >= 11 is 0. The van der Waals surface area contributed by atoms with Crippen molar-refractivity contribution in [2.75, 3.05) is 0 Å². The number of hydrogen-bond acceptors (Lipinski definition) is 2. The molecule has 70 valence electrons. The van der Waals surface area contributed by atoms with Crippen molar-refractivity contribution in [2.24, 2.45) is 9.98 Å². The molecular formula is C8H11N3O2. The molecule has 0 radical (unpaired) electrons. The van der Waals surface area contributed by atoms with E-state index in [1.54, 1.807) is 0 Å². The third-order valence-corrected chi connectivity index (χ3v) is 1.48. The predicted molar refractivity (Wildman–Crippen MR) is 49.0 cm³/mol. The van der Waals surface area contributed by atoms with Crippen LogP contribution in [0, 0.1) is 0 Å². The molecule has 5 nitrogen and oxygen atoms in total.